The summed E-state index contributed by atoms with van der Waals surface area (Å²) in [7, 11) is 0. The molecule has 3 nitrogen and oxygen atoms in total. The molecular weight excluding hydrogens is 655 g/mol. The van der Waals surface area contributed by atoms with Gasteiger partial charge in [-0.15, -0.1) is 0 Å². The maximum absolute atomic E-state index is 5.16. The Balaban J connectivity index is 1.03. The van der Waals surface area contributed by atoms with Crippen molar-refractivity contribution in [3.05, 3.63) is 185 Å². The molecule has 3 heteroatoms. The van der Waals surface area contributed by atoms with Crippen LogP contribution in [0.25, 0.3) is 78.7 Å². The normalized spacial score (nSPS) is 14.0. The van der Waals surface area contributed by atoms with Crippen molar-refractivity contribution in [1.82, 2.24) is 15.0 Å². The number of hydrogen-bond donors (Lipinski definition) is 0. The molecule has 0 bridgehead atoms. The summed E-state index contributed by atoms with van der Waals surface area (Å²) >= 11 is 0. The minimum Gasteiger partial charge on any atom is -0.208 e. The van der Waals surface area contributed by atoms with Gasteiger partial charge in [-0.1, -0.05) is 147 Å². The molecular formula is C51H37N3. The lowest BCUT2D eigenvalue weighted by Gasteiger charge is -2.25. The topological polar surface area (TPSA) is 38.7 Å². The van der Waals surface area contributed by atoms with Crippen LogP contribution in [0.15, 0.2) is 152 Å². The molecule has 0 aliphatic heterocycles. The van der Waals surface area contributed by atoms with Gasteiger partial charge in [-0.3, -0.25) is 0 Å². The Hall–Kier alpha value is -6.45. The van der Waals surface area contributed by atoms with Gasteiger partial charge in [0.2, 0.25) is 0 Å². The molecule has 11 rings (SSSR count). The second-order valence-corrected chi connectivity index (χ2v) is 15.5. The molecule has 1 aromatic heterocycles. The van der Waals surface area contributed by atoms with Crippen LogP contribution in [0.4, 0.5) is 0 Å². The number of aryl methyl sites for hydroxylation is 2. The predicted molar refractivity (Wildman–Crippen MR) is 220 cm³/mol. The van der Waals surface area contributed by atoms with E-state index in [1.54, 1.807) is 0 Å². The van der Waals surface area contributed by atoms with Crippen molar-refractivity contribution in [1.29, 1.82) is 0 Å². The molecule has 0 amide bonds. The molecule has 0 N–H and O–H groups in total. The molecule has 8 aromatic rings. The van der Waals surface area contributed by atoms with Crippen molar-refractivity contribution >= 4 is 0 Å². The van der Waals surface area contributed by atoms with Gasteiger partial charge < -0.3 is 0 Å². The van der Waals surface area contributed by atoms with E-state index in [2.05, 4.69) is 147 Å². The molecule has 54 heavy (non-hydrogen) atoms. The number of fused-ring (bicyclic) bond motifs is 10. The predicted octanol–water partition coefficient (Wildman–Crippen LogP) is 12.2. The highest BCUT2D eigenvalue weighted by Crippen LogP contribution is 2.55. The Morgan fingerprint density at radius 1 is 0.370 bits per heavy atom. The molecule has 3 aliphatic rings. The molecule has 0 spiro atoms. The summed E-state index contributed by atoms with van der Waals surface area (Å²) < 4.78 is 0. The Morgan fingerprint density at radius 3 is 1.80 bits per heavy atom. The fraction of sp³-hybridized carbons (Fsp3) is 0.118. The minimum absolute atomic E-state index is 0.0814. The van der Waals surface area contributed by atoms with E-state index in [-0.39, 0.29) is 5.41 Å². The summed E-state index contributed by atoms with van der Waals surface area (Å²) in [4.78, 5) is 15.3. The summed E-state index contributed by atoms with van der Waals surface area (Å²) in [6.07, 6.45) is 3.09. The van der Waals surface area contributed by atoms with E-state index in [0.29, 0.717) is 17.5 Å². The second kappa shape index (κ2) is 11.8. The van der Waals surface area contributed by atoms with Gasteiger partial charge in [0.1, 0.15) is 0 Å². The van der Waals surface area contributed by atoms with Gasteiger partial charge in [0.25, 0.3) is 0 Å². The number of benzene rings is 7. The largest absolute Gasteiger partial charge is 0.208 e. The lowest BCUT2D eigenvalue weighted by Crippen LogP contribution is -2.15. The zero-order valence-corrected chi connectivity index (χ0v) is 30.4. The van der Waals surface area contributed by atoms with E-state index in [4.69, 9.17) is 15.0 Å². The van der Waals surface area contributed by atoms with E-state index in [1.165, 1.54) is 72.3 Å². The van der Waals surface area contributed by atoms with Crippen LogP contribution in [-0.4, -0.2) is 15.0 Å². The highest BCUT2D eigenvalue weighted by atomic mass is 15.0. The van der Waals surface area contributed by atoms with Gasteiger partial charge in [0.15, 0.2) is 17.5 Å². The van der Waals surface area contributed by atoms with E-state index < -0.39 is 0 Å². The maximum atomic E-state index is 5.16. The smallest absolute Gasteiger partial charge is 0.164 e. The van der Waals surface area contributed by atoms with Crippen molar-refractivity contribution in [2.45, 2.75) is 38.5 Å². The first-order chi connectivity index (χ1) is 26.5. The van der Waals surface area contributed by atoms with E-state index in [9.17, 15) is 0 Å². The molecule has 0 fully saturated rings. The third kappa shape index (κ3) is 4.78. The van der Waals surface area contributed by atoms with Crippen LogP contribution in [0.2, 0.25) is 0 Å². The molecule has 0 unspecified atom stereocenters. The first-order valence-corrected chi connectivity index (χ1v) is 19.0. The van der Waals surface area contributed by atoms with Crippen LogP contribution >= 0.6 is 0 Å². The van der Waals surface area contributed by atoms with Crippen molar-refractivity contribution in [2.24, 2.45) is 0 Å². The van der Waals surface area contributed by atoms with Crippen molar-refractivity contribution in [3.8, 4) is 78.7 Å². The van der Waals surface area contributed by atoms with Crippen LogP contribution in [0, 0.1) is 0 Å². The van der Waals surface area contributed by atoms with Crippen molar-refractivity contribution < 1.29 is 0 Å². The zero-order chi connectivity index (χ0) is 36.0. The van der Waals surface area contributed by atoms with E-state index in [1.807, 2.05) is 18.2 Å². The third-order valence-electron chi connectivity index (χ3n) is 12.1. The fourth-order valence-corrected chi connectivity index (χ4v) is 9.31. The Morgan fingerprint density at radius 2 is 0.963 bits per heavy atom. The molecule has 0 saturated carbocycles. The zero-order valence-electron chi connectivity index (χ0n) is 30.4. The quantitative estimate of drug-likeness (QED) is 0.184. The van der Waals surface area contributed by atoms with Crippen molar-refractivity contribution in [3.63, 3.8) is 0 Å². The standard InChI is InChI=1S/C51H37N3/c1-51(2)44-25-23-35(30-43(44)47-45(51)26-22-32-20-19-31-11-6-9-18-42(31)46(32)47)34-15-10-16-37(27-34)49-52-48(33-12-4-3-5-13-33)53-50(54-49)38-21-24-41-39(29-38)28-36-14-7-8-17-40(36)41/h3-18,21-27,29-30H,19-20,28H2,1-2H3. The lowest BCUT2D eigenvalue weighted by molar-refractivity contribution is 0.660. The summed E-state index contributed by atoms with van der Waals surface area (Å²) in [6.45, 7) is 4.75. The Kier molecular flexibility index (Phi) is 6.79. The Labute approximate surface area is 316 Å². The fourth-order valence-electron chi connectivity index (χ4n) is 9.31. The summed E-state index contributed by atoms with van der Waals surface area (Å²) in [5.74, 6) is 2.03. The number of aromatic nitrogens is 3. The Bertz CT molecular complexity index is 2830. The summed E-state index contributed by atoms with van der Waals surface area (Å²) in [6, 6.07) is 55.1. The van der Waals surface area contributed by atoms with Gasteiger partial charge in [-0.05, 0) is 115 Å². The molecule has 256 valence electrons. The van der Waals surface area contributed by atoms with Crippen LogP contribution in [0.1, 0.15) is 47.2 Å². The monoisotopic (exact) mass is 691 g/mol. The third-order valence-corrected chi connectivity index (χ3v) is 12.1. The molecule has 0 radical (unpaired) electrons. The van der Waals surface area contributed by atoms with Gasteiger partial charge in [0.05, 0.1) is 0 Å². The first kappa shape index (κ1) is 31.1. The molecule has 0 atom stereocenters. The number of rotatable bonds is 4. The van der Waals surface area contributed by atoms with Gasteiger partial charge >= 0.3 is 0 Å². The van der Waals surface area contributed by atoms with Crippen LogP contribution in [-0.2, 0) is 24.7 Å². The van der Waals surface area contributed by atoms with Crippen LogP contribution in [0.3, 0.4) is 0 Å². The average molecular weight is 692 g/mol. The highest BCUT2D eigenvalue weighted by Gasteiger charge is 2.38. The first-order valence-electron chi connectivity index (χ1n) is 19.0. The maximum Gasteiger partial charge on any atom is 0.164 e. The van der Waals surface area contributed by atoms with Gasteiger partial charge in [-0.2, -0.15) is 0 Å². The van der Waals surface area contributed by atoms with E-state index in [0.717, 1.165) is 41.5 Å². The molecule has 0 saturated heterocycles. The van der Waals surface area contributed by atoms with Gasteiger partial charge in [-0.25, -0.2) is 15.0 Å². The second-order valence-electron chi connectivity index (χ2n) is 15.5. The number of nitrogens with zero attached hydrogens (tertiary/aromatic N) is 3. The molecule has 3 aliphatic carbocycles. The highest BCUT2D eigenvalue weighted by molar-refractivity contribution is 5.97. The van der Waals surface area contributed by atoms with Gasteiger partial charge in [0, 0.05) is 22.1 Å². The SMILES string of the molecule is CC1(C)c2ccc(-c3cccc(-c4nc(-c5ccccc5)nc(-c5ccc6c(c5)Cc5ccccc5-6)n4)c3)cc2-c2c1ccc1c2-c2ccccc2CC1. The van der Waals surface area contributed by atoms with Crippen molar-refractivity contribution in [2.75, 3.05) is 0 Å². The van der Waals surface area contributed by atoms with E-state index >= 15 is 0 Å². The molecule has 1 heterocycles. The molecule has 7 aromatic carbocycles. The minimum atomic E-state index is -0.0814. The number of hydrogen-bond acceptors (Lipinski definition) is 3. The summed E-state index contributed by atoms with van der Waals surface area (Å²) in [5, 5.41) is 0. The average Bonchev–Trinajstić information content (AvgIpc) is 3.71. The van der Waals surface area contributed by atoms with Crippen LogP contribution in [0.5, 0.6) is 0 Å². The lowest BCUT2D eigenvalue weighted by atomic mass is 9.78. The summed E-state index contributed by atoms with van der Waals surface area (Å²) in [5.41, 5.74) is 21.8. The van der Waals surface area contributed by atoms with Crippen LogP contribution < -0.4 is 0 Å².